The third-order valence-corrected chi connectivity index (χ3v) is 4.28. The lowest BCUT2D eigenvalue weighted by molar-refractivity contribution is 0.402. The molecule has 2 aromatic rings. The smallest absolute Gasteiger partial charge is 0.186 e. The molecule has 0 unspecified atom stereocenters. The van der Waals surface area contributed by atoms with Crippen molar-refractivity contribution in [3.63, 3.8) is 0 Å². The number of aromatic nitrogens is 3. The van der Waals surface area contributed by atoms with E-state index in [0.717, 1.165) is 24.2 Å². The Kier molecular flexibility index (Phi) is 3.29. The van der Waals surface area contributed by atoms with Crippen molar-refractivity contribution in [2.45, 2.75) is 51.4 Å². The van der Waals surface area contributed by atoms with Gasteiger partial charge in [-0.2, -0.15) is 5.26 Å². The molecule has 0 aliphatic heterocycles. The van der Waals surface area contributed by atoms with Gasteiger partial charge in [0.05, 0.1) is 11.4 Å². The summed E-state index contributed by atoms with van der Waals surface area (Å²) in [5, 5.41) is 17.5. The molecule has 108 valence electrons. The zero-order chi connectivity index (χ0) is 15.0. The number of nitrogens with zero attached hydrogens (tertiary/aromatic N) is 4. The van der Waals surface area contributed by atoms with Crippen LogP contribution in [0.25, 0.3) is 5.69 Å². The summed E-state index contributed by atoms with van der Waals surface area (Å²) < 4.78 is 1.84. The monoisotopic (exact) mass is 280 g/mol. The summed E-state index contributed by atoms with van der Waals surface area (Å²) in [4.78, 5) is 0. The third-order valence-electron chi connectivity index (χ3n) is 4.28. The van der Waals surface area contributed by atoms with Gasteiger partial charge in [0.2, 0.25) is 0 Å². The van der Waals surface area contributed by atoms with Crippen LogP contribution in [-0.2, 0) is 5.41 Å². The second-order valence-corrected chi connectivity index (χ2v) is 6.77. The van der Waals surface area contributed by atoms with E-state index in [2.05, 4.69) is 61.4 Å². The highest BCUT2D eigenvalue weighted by Gasteiger charge is 2.28. The standard InChI is InChI=1S/C17H20N4/c1-17(2,3)13-7-9-14(10-8-13)21-16(12-5-4-6-12)15(11-18)19-20-21/h7-10,12H,4-6H2,1-3H3. The minimum Gasteiger partial charge on any atom is -0.216 e. The van der Waals surface area contributed by atoms with Crippen LogP contribution in [0.3, 0.4) is 0 Å². The molecule has 0 spiro atoms. The van der Waals surface area contributed by atoms with Gasteiger partial charge in [-0.05, 0) is 36.0 Å². The normalized spacial score (nSPS) is 15.5. The van der Waals surface area contributed by atoms with Crippen molar-refractivity contribution < 1.29 is 0 Å². The van der Waals surface area contributed by atoms with Gasteiger partial charge >= 0.3 is 0 Å². The zero-order valence-corrected chi connectivity index (χ0v) is 12.8. The van der Waals surface area contributed by atoms with Gasteiger partial charge in [0.15, 0.2) is 5.69 Å². The number of hydrogen-bond donors (Lipinski definition) is 0. The van der Waals surface area contributed by atoms with Crippen LogP contribution in [-0.4, -0.2) is 15.0 Å². The number of benzene rings is 1. The van der Waals surface area contributed by atoms with Crippen molar-refractivity contribution >= 4 is 0 Å². The van der Waals surface area contributed by atoms with Crippen LogP contribution in [0.1, 0.15) is 62.9 Å². The minimum absolute atomic E-state index is 0.134. The van der Waals surface area contributed by atoms with Crippen LogP contribution >= 0.6 is 0 Å². The average molecular weight is 280 g/mol. The molecule has 4 heteroatoms. The molecule has 1 aromatic carbocycles. The van der Waals surface area contributed by atoms with Crippen LogP contribution in [0.5, 0.6) is 0 Å². The average Bonchev–Trinajstić information content (AvgIpc) is 2.79. The van der Waals surface area contributed by atoms with Crippen LogP contribution < -0.4 is 0 Å². The van der Waals surface area contributed by atoms with Crippen molar-refractivity contribution in [1.29, 1.82) is 5.26 Å². The van der Waals surface area contributed by atoms with Crippen molar-refractivity contribution in [3.05, 3.63) is 41.2 Å². The van der Waals surface area contributed by atoms with Crippen molar-refractivity contribution in [3.8, 4) is 11.8 Å². The fourth-order valence-electron chi connectivity index (χ4n) is 2.71. The molecule has 1 aromatic heterocycles. The van der Waals surface area contributed by atoms with E-state index < -0.39 is 0 Å². The van der Waals surface area contributed by atoms with E-state index in [1.807, 2.05) is 4.68 Å². The van der Waals surface area contributed by atoms with Crippen LogP contribution in [0.15, 0.2) is 24.3 Å². The van der Waals surface area contributed by atoms with E-state index in [4.69, 9.17) is 0 Å². The molecule has 0 N–H and O–H groups in total. The molecule has 0 saturated heterocycles. The Morgan fingerprint density at radius 2 is 1.86 bits per heavy atom. The van der Waals surface area contributed by atoms with Crippen molar-refractivity contribution in [2.75, 3.05) is 0 Å². The molecule has 1 heterocycles. The molecule has 1 aliphatic carbocycles. The maximum absolute atomic E-state index is 9.23. The van der Waals surface area contributed by atoms with Crippen LogP contribution in [0.2, 0.25) is 0 Å². The summed E-state index contributed by atoms with van der Waals surface area (Å²) in [6.45, 7) is 6.60. The Labute approximate surface area is 125 Å². The minimum atomic E-state index is 0.134. The summed E-state index contributed by atoms with van der Waals surface area (Å²) in [7, 11) is 0. The summed E-state index contributed by atoms with van der Waals surface area (Å²) in [5.74, 6) is 0.428. The van der Waals surface area contributed by atoms with Gasteiger partial charge in [0.1, 0.15) is 6.07 Å². The Hall–Kier alpha value is -2.15. The first-order valence-corrected chi connectivity index (χ1v) is 7.47. The molecule has 0 amide bonds. The number of nitriles is 1. The lowest BCUT2D eigenvalue weighted by Gasteiger charge is -2.26. The topological polar surface area (TPSA) is 54.5 Å². The van der Waals surface area contributed by atoms with Gasteiger partial charge in [0, 0.05) is 5.92 Å². The van der Waals surface area contributed by atoms with Gasteiger partial charge in [-0.25, -0.2) is 4.68 Å². The van der Waals surface area contributed by atoms with Gasteiger partial charge < -0.3 is 0 Å². The molecular formula is C17H20N4. The Morgan fingerprint density at radius 1 is 1.19 bits per heavy atom. The van der Waals surface area contributed by atoms with E-state index in [-0.39, 0.29) is 5.41 Å². The second-order valence-electron chi connectivity index (χ2n) is 6.77. The van der Waals surface area contributed by atoms with E-state index >= 15 is 0 Å². The van der Waals surface area contributed by atoms with Gasteiger partial charge in [-0.3, -0.25) is 0 Å². The number of hydrogen-bond acceptors (Lipinski definition) is 3. The molecule has 21 heavy (non-hydrogen) atoms. The third kappa shape index (κ3) is 2.44. The van der Waals surface area contributed by atoms with E-state index in [1.165, 1.54) is 12.0 Å². The summed E-state index contributed by atoms with van der Waals surface area (Å²) in [6, 6.07) is 10.6. The van der Waals surface area contributed by atoms with Gasteiger partial charge in [-0.15, -0.1) is 5.10 Å². The molecule has 0 radical (unpaired) electrons. The fraction of sp³-hybridized carbons (Fsp3) is 0.471. The van der Waals surface area contributed by atoms with Crippen LogP contribution in [0, 0.1) is 11.3 Å². The van der Waals surface area contributed by atoms with Gasteiger partial charge in [-0.1, -0.05) is 44.5 Å². The van der Waals surface area contributed by atoms with E-state index in [0.29, 0.717) is 11.6 Å². The highest BCUT2D eigenvalue weighted by molar-refractivity contribution is 5.41. The molecule has 4 nitrogen and oxygen atoms in total. The first kappa shape index (κ1) is 13.8. The predicted molar refractivity (Wildman–Crippen MR) is 81.4 cm³/mol. The highest BCUT2D eigenvalue weighted by atomic mass is 15.4. The summed E-state index contributed by atoms with van der Waals surface area (Å²) in [5.41, 5.74) is 3.86. The fourth-order valence-corrected chi connectivity index (χ4v) is 2.71. The lowest BCUT2D eigenvalue weighted by atomic mass is 9.82. The second kappa shape index (κ2) is 5.00. The molecular weight excluding hydrogens is 260 g/mol. The largest absolute Gasteiger partial charge is 0.216 e. The van der Waals surface area contributed by atoms with E-state index in [1.54, 1.807) is 0 Å². The van der Waals surface area contributed by atoms with Crippen LogP contribution in [0.4, 0.5) is 0 Å². The summed E-state index contributed by atoms with van der Waals surface area (Å²) >= 11 is 0. The molecule has 3 rings (SSSR count). The van der Waals surface area contributed by atoms with Gasteiger partial charge in [0.25, 0.3) is 0 Å². The Morgan fingerprint density at radius 3 is 2.33 bits per heavy atom. The number of rotatable bonds is 2. The maximum Gasteiger partial charge on any atom is 0.186 e. The first-order chi connectivity index (χ1) is 10.0. The zero-order valence-electron chi connectivity index (χ0n) is 12.8. The Bertz CT molecular complexity index is 679. The SMILES string of the molecule is CC(C)(C)c1ccc(-n2nnc(C#N)c2C2CCC2)cc1. The Balaban J connectivity index is 2.01. The highest BCUT2D eigenvalue weighted by Crippen LogP contribution is 2.38. The summed E-state index contributed by atoms with van der Waals surface area (Å²) in [6.07, 6.45) is 3.48. The quantitative estimate of drug-likeness (QED) is 0.842. The molecule has 1 aliphatic rings. The lowest BCUT2D eigenvalue weighted by Crippen LogP contribution is -2.16. The molecule has 0 atom stereocenters. The molecule has 1 saturated carbocycles. The predicted octanol–water partition coefficient (Wildman–Crippen LogP) is 3.70. The van der Waals surface area contributed by atoms with E-state index in [9.17, 15) is 5.26 Å². The maximum atomic E-state index is 9.23. The molecule has 0 bridgehead atoms. The first-order valence-electron chi connectivity index (χ1n) is 7.47. The molecule has 1 fully saturated rings. The van der Waals surface area contributed by atoms with Crippen molar-refractivity contribution in [1.82, 2.24) is 15.0 Å². The van der Waals surface area contributed by atoms with Crippen molar-refractivity contribution in [2.24, 2.45) is 0 Å².